The topological polar surface area (TPSA) is 56.3 Å². The maximum atomic E-state index is 6.25. The fourth-order valence-corrected chi connectivity index (χ4v) is 5.70. The highest BCUT2D eigenvalue weighted by Gasteiger charge is 2.50. The molecule has 0 aliphatic carbocycles. The van der Waals surface area contributed by atoms with Crippen LogP contribution in [0.1, 0.15) is 16.8 Å². The zero-order valence-corrected chi connectivity index (χ0v) is 19.0. The van der Waals surface area contributed by atoms with E-state index in [1.807, 2.05) is 12.3 Å². The predicted octanol–water partition coefficient (Wildman–Crippen LogP) is 3.39. The first-order valence-electron chi connectivity index (χ1n) is 12.0. The molecule has 0 amide bonds. The van der Waals surface area contributed by atoms with E-state index in [4.69, 9.17) is 23.9 Å². The molecule has 1 saturated heterocycles. The minimum absolute atomic E-state index is 0.227. The summed E-state index contributed by atoms with van der Waals surface area (Å²) in [5, 5.41) is 0. The van der Waals surface area contributed by atoms with Crippen LogP contribution in [0.15, 0.2) is 54.7 Å². The molecule has 7 nitrogen and oxygen atoms in total. The molecule has 7 heteroatoms. The number of aromatic nitrogens is 1. The monoisotopic (exact) mass is 457 g/mol. The molecule has 4 aliphatic heterocycles. The summed E-state index contributed by atoms with van der Waals surface area (Å²) < 4.78 is 23.4. The molecule has 1 atom stereocenters. The first-order chi connectivity index (χ1) is 16.8. The third-order valence-corrected chi connectivity index (χ3v) is 7.39. The smallest absolute Gasteiger partial charge is 0.165 e. The largest absolute Gasteiger partial charge is 0.492 e. The van der Waals surface area contributed by atoms with E-state index in [1.165, 1.54) is 16.8 Å². The lowest BCUT2D eigenvalue weighted by Gasteiger charge is -2.29. The quantitative estimate of drug-likeness (QED) is 0.598. The van der Waals surface area contributed by atoms with Crippen molar-refractivity contribution in [3.8, 4) is 17.2 Å². The third-order valence-electron chi connectivity index (χ3n) is 7.39. The summed E-state index contributed by atoms with van der Waals surface area (Å²) in [6.45, 7) is 6.74. The fraction of sp³-hybridized carbons (Fsp3) is 0.370. The number of rotatable bonds is 3. The van der Waals surface area contributed by atoms with Crippen LogP contribution in [0.25, 0.3) is 0 Å². The van der Waals surface area contributed by atoms with Crippen LogP contribution in [-0.4, -0.2) is 57.7 Å². The normalized spacial score (nSPS) is 22.5. The number of benzene rings is 2. The van der Waals surface area contributed by atoms with Crippen LogP contribution in [0.3, 0.4) is 0 Å². The Balaban J connectivity index is 1.20. The van der Waals surface area contributed by atoms with Crippen molar-refractivity contribution < 1.29 is 18.9 Å². The van der Waals surface area contributed by atoms with Crippen LogP contribution in [0.4, 0.5) is 11.4 Å². The summed E-state index contributed by atoms with van der Waals surface area (Å²) in [4.78, 5) is 9.58. The number of para-hydroxylation sites is 1. The van der Waals surface area contributed by atoms with Crippen molar-refractivity contribution in [1.29, 1.82) is 0 Å². The van der Waals surface area contributed by atoms with Crippen LogP contribution in [0.2, 0.25) is 0 Å². The van der Waals surface area contributed by atoms with Crippen molar-refractivity contribution in [3.63, 3.8) is 0 Å². The fourth-order valence-electron chi connectivity index (χ4n) is 5.70. The first-order valence-corrected chi connectivity index (χ1v) is 12.0. The summed E-state index contributed by atoms with van der Waals surface area (Å²) in [5.41, 5.74) is 5.72. The van der Waals surface area contributed by atoms with E-state index in [1.54, 1.807) is 0 Å². The van der Waals surface area contributed by atoms with Gasteiger partial charge in [0.15, 0.2) is 11.5 Å². The van der Waals surface area contributed by atoms with Gasteiger partial charge in [-0.15, -0.1) is 0 Å². The summed E-state index contributed by atoms with van der Waals surface area (Å²) in [5.74, 6) is 2.48. The standard InChI is InChI=1S/C27H27N3O4/c1-2-4-23-21(3-1)27(18-34-24-14-26-25(13-22(24)27)32-11-12-33-26)17-30(23)16-19-5-6-20(15-28-19)29-7-9-31-10-8-29/h1-6,13-15H,7-12,16-18H2. The molecular formula is C27H27N3O4. The van der Waals surface area contributed by atoms with Crippen LogP contribution in [0.5, 0.6) is 17.2 Å². The van der Waals surface area contributed by atoms with Crippen molar-refractivity contribution in [2.45, 2.75) is 12.0 Å². The van der Waals surface area contributed by atoms with Crippen LogP contribution in [-0.2, 0) is 16.7 Å². The van der Waals surface area contributed by atoms with Gasteiger partial charge in [-0.05, 0) is 29.8 Å². The van der Waals surface area contributed by atoms with Gasteiger partial charge >= 0.3 is 0 Å². The van der Waals surface area contributed by atoms with Gasteiger partial charge in [0.2, 0.25) is 0 Å². The maximum absolute atomic E-state index is 6.25. The molecule has 174 valence electrons. The molecule has 2 aromatic carbocycles. The van der Waals surface area contributed by atoms with Crippen LogP contribution in [0, 0.1) is 0 Å². The molecule has 4 aliphatic rings. The highest BCUT2D eigenvalue weighted by Crippen LogP contribution is 2.54. The summed E-state index contributed by atoms with van der Waals surface area (Å²) in [6, 6.07) is 17.1. The van der Waals surface area contributed by atoms with Gasteiger partial charge in [-0.2, -0.15) is 0 Å². The average Bonchev–Trinajstić information content (AvgIpc) is 3.41. The number of fused-ring (bicyclic) bond motifs is 5. The van der Waals surface area contributed by atoms with E-state index in [0.29, 0.717) is 19.8 Å². The Morgan fingerprint density at radius 1 is 0.824 bits per heavy atom. The minimum Gasteiger partial charge on any atom is -0.492 e. The van der Waals surface area contributed by atoms with Crippen LogP contribution >= 0.6 is 0 Å². The number of hydrogen-bond donors (Lipinski definition) is 0. The number of morpholine rings is 1. The van der Waals surface area contributed by atoms with E-state index in [2.05, 4.69) is 52.3 Å². The van der Waals surface area contributed by atoms with E-state index in [9.17, 15) is 0 Å². The molecule has 34 heavy (non-hydrogen) atoms. The zero-order valence-electron chi connectivity index (χ0n) is 19.0. The van der Waals surface area contributed by atoms with Gasteiger partial charge in [0, 0.05) is 37.0 Å². The Bertz CT molecular complexity index is 1230. The van der Waals surface area contributed by atoms with Gasteiger partial charge in [0.1, 0.15) is 25.6 Å². The van der Waals surface area contributed by atoms with E-state index in [0.717, 1.165) is 68.0 Å². The average molecular weight is 458 g/mol. The SMILES string of the molecule is c1ccc2c(c1)N(Cc1ccc(N3CCOCC3)cn1)CC21COc2cc3c(cc21)OCCO3. The van der Waals surface area contributed by atoms with Gasteiger partial charge in [0.25, 0.3) is 0 Å². The predicted molar refractivity (Wildman–Crippen MR) is 128 cm³/mol. The summed E-state index contributed by atoms with van der Waals surface area (Å²) in [7, 11) is 0. The Kier molecular flexibility index (Phi) is 4.58. The minimum atomic E-state index is -0.227. The zero-order chi connectivity index (χ0) is 22.5. The van der Waals surface area contributed by atoms with Crippen molar-refractivity contribution in [1.82, 2.24) is 4.98 Å². The van der Waals surface area contributed by atoms with E-state index >= 15 is 0 Å². The van der Waals surface area contributed by atoms with Crippen molar-refractivity contribution in [2.24, 2.45) is 0 Å². The Labute approximate surface area is 198 Å². The van der Waals surface area contributed by atoms with Gasteiger partial charge < -0.3 is 28.7 Å². The molecule has 1 spiro atoms. The second-order valence-electron chi connectivity index (χ2n) is 9.34. The molecule has 0 radical (unpaired) electrons. The lowest BCUT2D eigenvalue weighted by molar-refractivity contribution is 0.122. The second kappa shape index (κ2) is 7.81. The molecule has 5 heterocycles. The van der Waals surface area contributed by atoms with Gasteiger partial charge in [-0.3, -0.25) is 4.98 Å². The number of nitrogens with zero attached hydrogens (tertiary/aromatic N) is 3. The Morgan fingerprint density at radius 3 is 2.47 bits per heavy atom. The molecule has 3 aromatic rings. The van der Waals surface area contributed by atoms with Gasteiger partial charge in [0.05, 0.1) is 42.8 Å². The van der Waals surface area contributed by atoms with Gasteiger partial charge in [-0.25, -0.2) is 0 Å². The van der Waals surface area contributed by atoms with Crippen LogP contribution < -0.4 is 24.0 Å². The number of anilines is 2. The lowest BCUT2D eigenvalue weighted by Crippen LogP contribution is -2.36. The van der Waals surface area contributed by atoms with Crippen molar-refractivity contribution in [2.75, 3.05) is 62.5 Å². The van der Waals surface area contributed by atoms with E-state index in [-0.39, 0.29) is 5.41 Å². The molecule has 7 rings (SSSR count). The highest BCUT2D eigenvalue weighted by atomic mass is 16.6. The molecular weight excluding hydrogens is 430 g/mol. The lowest BCUT2D eigenvalue weighted by atomic mass is 9.77. The summed E-state index contributed by atoms with van der Waals surface area (Å²) in [6.07, 6.45) is 2.00. The highest BCUT2D eigenvalue weighted by molar-refractivity contribution is 5.70. The van der Waals surface area contributed by atoms with Gasteiger partial charge in [-0.1, -0.05) is 18.2 Å². The van der Waals surface area contributed by atoms with E-state index < -0.39 is 0 Å². The molecule has 0 saturated carbocycles. The third kappa shape index (κ3) is 3.10. The molecule has 1 aromatic heterocycles. The molecule has 0 N–H and O–H groups in total. The molecule has 1 unspecified atom stereocenters. The number of ether oxygens (including phenoxy) is 4. The summed E-state index contributed by atoms with van der Waals surface area (Å²) >= 11 is 0. The second-order valence-corrected chi connectivity index (χ2v) is 9.34. The first kappa shape index (κ1) is 20.0. The molecule has 0 bridgehead atoms. The number of pyridine rings is 1. The molecule has 1 fully saturated rings. The number of hydrogen-bond acceptors (Lipinski definition) is 7. The Morgan fingerprint density at radius 2 is 1.65 bits per heavy atom. The maximum Gasteiger partial charge on any atom is 0.165 e. The van der Waals surface area contributed by atoms with Crippen molar-refractivity contribution >= 4 is 11.4 Å². The Hall–Kier alpha value is -3.45. The van der Waals surface area contributed by atoms with Crippen molar-refractivity contribution in [3.05, 3.63) is 71.5 Å².